The second-order valence-electron chi connectivity index (χ2n) is 9.79. The fraction of sp³-hybridized carbons (Fsp3) is 0.250. The molecule has 4 aromatic rings. The van der Waals surface area contributed by atoms with E-state index in [2.05, 4.69) is 97.3 Å². The highest BCUT2D eigenvalue weighted by molar-refractivity contribution is 6.47. The molecule has 0 aromatic heterocycles. The number of rotatable bonds is 14. The third kappa shape index (κ3) is 9.95. The Kier molecular flexibility index (Phi) is 10.7. The van der Waals surface area contributed by atoms with Crippen LogP contribution in [-0.4, -0.2) is 27.4 Å². The fourth-order valence-corrected chi connectivity index (χ4v) is 3.87. The smallest absolute Gasteiger partial charge is 0.332 e. The van der Waals surface area contributed by atoms with E-state index in [4.69, 9.17) is 14.0 Å². The third-order valence-electron chi connectivity index (χ3n) is 6.16. The Labute approximate surface area is 234 Å². The Hall–Kier alpha value is -3.51. The van der Waals surface area contributed by atoms with Gasteiger partial charge in [-0.05, 0) is 63.1 Å². The van der Waals surface area contributed by atoms with Crippen LogP contribution in [0.1, 0.15) is 36.1 Å². The Morgan fingerprint density at radius 2 is 0.897 bits per heavy atom. The van der Waals surface area contributed by atoms with Gasteiger partial charge in [0.05, 0.1) is 13.2 Å². The molecule has 4 aromatic carbocycles. The molecule has 0 aliphatic heterocycles. The van der Waals surface area contributed by atoms with E-state index < -0.39 is 0 Å². The average Bonchev–Trinajstić information content (AvgIpc) is 2.95. The van der Waals surface area contributed by atoms with E-state index in [9.17, 15) is 0 Å². The fourth-order valence-electron chi connectivity index (χ4n) is 3.87. The van der Waals surface area contributed by atoms with Gasteiger partial charge in [0, 0.05) is 11.4 Å². The molecule has 0 bridgehead atoms. The molecule has 2 N–H and O–H groups in total. The molecule has 7 heteroatoms. The lowest BCUT2D eigenvalue weighted by atomic mass is 9.87. The maximum absolute atomic E-state index is 5.93. The summed E-state index contributed by atoms with van der Waals surface area (Å²) in [5.74, 6) is 0. The molecule has 5 nitrogen and oxygen atoms in total. The second kappa shape index (κ2) is 14.6. The number of benzene rings is 4. The van der Waals surface area contributed by atoms with Crippen LogP contribution < -0.4 is 21.6 Å². The van der Waals surface area contributed by atoms with Gasteiger partial charge in [-0.2, -0.15) is 0 Å². The van der Waals surface area contributed by atoms with E-state index in [0.29, 0.717) is 13.2 Å². The summed E-state index contributed by atoms with van der Waals surface area (Å²) >= 11 is 0. The van der Waals surface area contributed by atoms with Crippen molar-refractivity contribution in [2.24, 2.45) is 0 Å². The van der Waals surface area contributed by atoms with Crippen LogP contribution in [0.3, 0.4) is 0 Å². The Morgan fingerprint density at radius 3 is 1.26 bits per heavy atom. The average molecular weight is 518 g/mol. The molecule has 0 saturated carbocycles. The molecule has 0 heterocycles. The molecule has 2 unspecified atom stereocenters. The normalized spacial score (nSPS) is 12.4. The maximum atomic E-state index is 5.93. The van der Waals surface area contributed by atoms with Crippen LogP contribution in [0.4, 0.5) is 11.4 Å². The third-order valence-corrected chi connectivity index (χ3v) is 6.16. The maximum Gasteiger partial charge on any atom is 0.332 e. The lowest BCUT2D eigenvalue weighted by molar-refractivity contribution is 0.107. The number of anilines is 2. The van der Waals surface area contributed by atoms with Gasteiger partial charge >= 0.3 is 15.0 Å². The summed E-state index contributed by atoms with van der Waals surface area (Å²) in [6.45, 7) is 9.22. The van der Waals surface area contributed by atoms with Crippen molar-refractivity contribution in [3.63, 3.8) is 0 Å². The van der Waals surface area contributed by atoms with Gasteiger partial charge in [0.15, 0.2) is 0 Å². The molecular weight excluding hydrogens is 482 g/mol. The molecule has 0 spiro atoms. The summed E-state index contributed by atoms with van der Waals surface area (Å²) in [4.78, 5) is 0. The van der Waals surface area contributed by atoms with Gasteiger partial charge in [-0.15, -0.1) is 0 Å². The van der Waals surface area contributed by atoms with Crippen LogP contribution in [-0.2, 0) is 27.3 Å². The first-order valence-electron chi connectivity index (χ1n) is 13.3. The molecular formula is C32H36B2N2O3. The van der Waals surface area contributed by atoms with Crippen molar-refractivity contribution in [1.29, 1.82) is 0 Å². The summed E-state index contributed by atoms with van der Waals surface area (Å²) in [5, 5.41) is 6.67. The molecule has 0 fully saturated rings. The van der Waals surface area contributed by atoms with Gasteiger partial charge in [0.2, 0.25) is 0 Å². The van der Waals surface area contributed by atoms with Crippen molar-refractivity contribution in [3.05, 3.63) is 119 Å². The van der Waals surface area contributed by atoms with E-state index in [0.717, 1.165) is 33.4 Å². The SMILES string of the molecule is Cc1ccc(NC(C)O[B]c2ccc(COCc3ccc([B]OC(C)Nc4ccc(C)cc4)cc3)cc2)cc1. The lowest BCUT2D eigenvalue weighted by Gasteiger charge is -2.16. The van der Waals surface area contributed by atoms with Crippen LogP contribution in [0.15, 0.2) is 97.1 Å². The molecule has 0 aliphatic carbocycles. The Morgan fingerprint density at radius 1 is 0.538 bits per heavy atom. The zero-order chi connectivity index (χ0) is 27.5. The number of nitrogens with one attached hydrogen (secondary N) is 2. The molecule has 0 saturated heterocycles. The Balaban J connectivity index is 1.12. The molecule has 39 heavy (non-hydrogen) atoms. The van der Waals surface area contributed by atoms with Gasteiger partial charge in [-0.1, -0.05) is 94.8 Å². The molecule has 0 aliphatic rings. The summed E-state index contributed by atoms with van der Waals surface area (Å²) < 4.78 is 17.6. The van der Waals surface area contributed by atoms with Crippen molar-refractivity contribution in [1.82, 2.24) is 0 Å². The van der Waals surface area contributed by atoms with Crippen LogP contribution in [0.25, 0.3) is 0 Å². The van der Waals surface area contributed by atoms with Crippen molar-refractivity contribution in [2.75, 3.05) is 10.6 Å². The minimum absolute atomic E-state index is 0.134. The minimum Gasteiger partial charge on any atom is -0.416 e. The minimum atomic E-state index is -0.134. The van der Waals surface area contributed by atoms with Crippen LogP contribution in [0, 0.1) is 13.8 Å². The summed E-state index contributed by atoms with van der Waals surface area (Å²) in [6.07, 6.45) is -0.269. The standard InChI is InChI=1S/C32H36B2N2O3/c1-23-5-17-31(18-6-23)35-25(3)38-33-29-13-9-27(10-14-29)21-37-22-28-11-15-30(16-12-28)34-39-26(4)36-32-19-7-24(2)8-20-32/h5-20,25-26,35-36H,21-22H2,1-4H3. The predicted octanol–water partition coefficient (Wildman–Crippen LogP) is 5.46. The van der Waals surface area contributed by atoms with E-state index in [1.54, 1.807) is 15.0 Å². The van der Waals surface area contributed by atoms with Crippen molar-refractivity contribution in [3.8, 4) is 0 Å². The highest BCUT2D eigenvalue weighted by Crippen LogP contribution is 2.11. The van der Waals surface area contributed by atoms with Crippen molar-refractivity contribution in [2.45, 2.75) is 53.4 Å². The molecule has 0 amide bonds. The molecule has 198 valence electrons. The number of aryl methyl sites for hydroxylation is 2. The van der Waals surface area contributed by atoms with Gasteiger partial charge in [0.25, 0.3) is 0 Å². The zero-order valence-corrected chi connectivity index (χ0v) is 23.2. The van der Waals surface area contributed by atoms with Crippen molar-refractivity contribution < 1.29 is 14.0 Å². The van der Waals surface area contributed by atoms with Crippen LogP contribution in [0.5, 0.6) is 0 Å². The lowest BCUT2D eigenvalue weighted by Crippen LogP contribution is -2.27. The van der Waals surface area contributed by atoms with Gasteiger partial charge in [0.1, 0.15) is 12.5 Å². The highest BCUT2D eigenvalue weighted by atomic mass is 16.5. The molecule has 4 rings (SSSR count). The van der Waals surface area contributed by atoms with Crippen molar-refractivity contribution >= 4 is 37.3 Å². The van der Waals surface area contributed by atoms with Crippen LogP contribution >= 0.6 is 0 Å². The monoisotopic (exact) mass is 518 g/mol. The first-order chi connectivity index (χ1) is 18.9. The van der Waals surface area contributed by atoms with Gasteiger partial charge in [-0.25, -0.2) is 0 Å². The van der Waals surface area contributed by atoms with Crippen LogP contribution in [0.2, 0.25) is 0 Å². The topological polar surface area (TPSA) is 51.8 Å². The van der Waals surface area contributed by atoms with Gasteiger partial charge in [-0.3, -0.25) is 0 Å². The molecule has 2 radical (unpaired) electrons. The summed E-state index contributed by atoms with van der Waals surface area (Å²) in [6, 6.07) is 32.9. The zero-order valence-electron chi connectivity index (χ0n) is 23.2. The van der Waals surface area contributed by atoms with E-state index in [1.807, 2.05) is 38.1 Å². The molecule has 2 atom stereocenters. The summed E-state index contributed by atoms with van der Waals surface area (Å²) in [5.41, 5.74) is 8.80. The van der Waals surface area contributed by atoms with E-state index >= 15 is 0 Å². The number of hydrogen-bond donors (Lipinski definition) is 2. The number of hydrogen-bond acceptors (Lipinski definition) is 5. The first-order valence-corrected chi connectivity index (χ1v) is 13.3. The van der Waals surface area contributed by atoms with E-state index in [1.165, 1.54) is 11.1 Å². The largest absolute Gasteiger partial charge is 0.416 e. The van der Waals surface area contributed by atoms with Gasteiger partial charge < -0.3 is 24.7 Å². The quantitative estimate of drug-likeness (QED) is 0.172. The second-order valence-corrected chi connectivity index (χ2v) is 9.79. The first kappa shape index (κ1) is 28.5. The number of ether oxygens (including phenoxy) is 1. The highest BCUT2D eigenvalue weighted by Gasteiger charge is 2.07. The van der Waals surface area contributed by atoms with E-state index in [-0.39, 0.29) is 12.5 Å². The summed E-state index contributed by atoms with van der Waals surface area (Å²) in [7, 11) is 3.55. The Bertz CT molecular complexity index is 1160. The predicted molar refractivity (Wildman–Crippen MR) is 163 cm³/mol.